The number of hydrogen-bond acceptors (Lipinski definition) is 5. The SMILES string of the molecule is Cc1ccc(C(=O)NC(C(=O)N2CCCC(c3nc(C)no3)C2)C(C)C)cc1. The molecule has 1 aliphatic heterocycles. The summed E-state index contributed by atoms with van der Waals surface area (Å²) in [5.74, 6) is 0.917. The van der Waals surface area contributed by atoms with Gasteiger partial charge in [0.1, 0.15) is 6.04 Å². The monoisotopic (exact) mass is 384 g/mol. The summed E-state index contributed by atoms with van der Waals surface area (Å²) in [6.07, 6.45) is 1.78. The first-order valence-electron chi connectivity index (χ1n) is 9.81. The van der Waals surface area contributed by atoms with Crippen LogP contribution in [0.3, 0.4) is 0 Å². The van der Waals surface area contributed by atoms with Gasteiger partial charge in [-0.3, -0.25) is 9.59 Å². The van der Waals surface area contributed by atoms with Crippen molar-refractivity contribution in [3.05, 3.63) is 47.1 Å². The van der Waals surface area contributed by atoms with Gasteiger partial charge in [-0.2, -0.15) is 4.98 Å². The van der Waals surface area contributed by atoms with Crippen LogP contribution in [0.5, 0.6) is 0 Å². The van der Waals surface area contributed by atoms with Crippen LogP contribution in [0.25, 0.3) is 0 Å². The van der Waals surface area contributed by atoms with Gasteiger partial charge in [0.05, 0.1) is 5.92 Å². The Morgan fingerprint density at radius 1 is 1.21 bits per heavy atom. The van der Waals surface area contributed by atoms with Gasteiger partial charge in [0.2, 0.25) is 11.8 Å². The Hall–Kier alpha value is -2.70. The lowest BCUT2D eigenvalue weighted by atomic mass is 9.95. The van der Waals surface area contributed by atoms with Crippen molar-refractivity contribution in [1.82, 2.24) is 20.4 Å². The van der Waals surface area contributed by atoms with Gasteiger partial charge in [0.15, 0.2) is 5.82 Å². The van der Waals surface area contributed by atoms with E-state index in [-0.39, 0.29) is 23.7 Å². The summed E-state index contributed by atoms with van der Waals surface area (Å²) in [4.78, 5) is 31.9. The van der Waals surface area contributed by atoms with Crippen molar-refractivity contribution in [1.29, 1.82) is 0 Å². The number of likely N-dealkylation sites (tertiary alicyclic amines) is 1. The molecule has 150 valence electrons. The van der Waals surface area contributed by atoms with Crippen LogP contribution in [0.4, 0.5) is 0 Å². The number of nitrogens with one attached hydrogen (secondary N) is 1. The molecule has 1 N–H and O–H groups in total. The van der Waals surface area contributed by atoms with Crippen LogP contribution in [0.15, 0.2) is 28.8 Å². The molecule has 0 radical (unpaired) electrons. The number of benzene rings is 1. The highest BCUT2D eigenvalue weighted by Crippen LogP contribution is 2.26. The minimum Gasteiger partial charge on any atom is -0.340 e. The van der Waals surface area contributed by atoms with E-state index in [0.29, 0.717) is 30.4 Å². The quantitative estimate of drug-likeness (QED) is 0.856. The van der Waals surface area contributed by atoms with Gasteiger partial charge in [-0.1, -0.05) is 36.7 Å². The van der Waals surface area contributed by atoms with Crippen molar-refractivity contribution < 1.29 is 14.1 Å². The Morgan fingerprint density at radius 2 is 1.93 bits per heavy atom. The fourth-order valence-corrected chi connectivity index (χ4v) is 3.50. The summed E-state index contributed by atoms with van der Waals surface area (Å²) in [5.41, 5.74) is 1.64. The zero-order chi connectivity index (χ0) is 20.3. The first-order valence-corrected chi connectivity index (χ1v) is 9.81. The van der Waals surface area contributed by atoms with Crippen molar-refractivity contribution in [2.75, 3.05) is 13.1 Å². The molecule has 2 atom stereocenters. The molecule has 1 aromatic heterocycles. The average molecular weight is 384 g/mol. The molecule has 0 aliphatic carbocycles. The summed E-state index contributed by atoms with van der Waals surface area (Å²) in [6, 6.07) is 6.77. The van der Waals surface area contributed by atoms with Crippen LogP contribution in [0, 0.1) is 19.8 Å². The number of nitrogens with zero attached hydrogens (tertiary/aromatic N) is 3. The Morgan fingerprint density at radius 3 is 2.54 bits per heavy atom. The van der Waals surface area contributed by atoms with Crippen LogP contribution < -0.4 is 5.32 Å². The van der Waals surface area contributed by atoms with Gasteiger partial charge in [0, 0.05) is 18.7 Å². The predicted molar refractivity (Wildman–Crippen MR) is 105 cm³/mol. The van der Waals surface area contributed by atoms with E-state index < -0.39 is 6.04 Å². The lowest BCUT2D eigenvalue weighted by molar-refractivity contribution is -0.135. The van der Waals surface area contributed by atoms with Crippen molar-refractivity contribution in [2.45, 2.75) is 52.5 Å². The van der Waals surface area contributed by atoms with Crippen LogP contribution in [-0.4, -0.2) is 46.0 Å². The van der Waals surface area contributed by atoms with Crippen LogP contribution in [0.1, 0.15) is 60.2 Å². The second kappa shape index (κ2) is 8.54. The van der Waals surface area contributed by atoms with E-state index in [1.165, 1.54) is 0 Å². The number of hydrogen-bond donors (Lipinski definition) is 1. The number of aromatic nitrogens is 2. The molecular weight excluding hydrogens is 356 g/mol. The molecule has 2 unspecified atom stereocenters. The Labute approximate surface area is 165 Å². The highest BCUT2D eigenvalue weighted by molar-refractivity contribution is 5.97. The van der Waals surface area contributed by atoms with E-state index in [9.17, 15) is 9.59 Å². The topological polar surface area (TPSA) is 88.3 Å². The standard InChI is InChI=1S/C21H28N4O3/c1-13(2)18(23-19(26)16-9-7-14(3)8-10-16)21(27)25-11-5-6-17(12-25)20-22-15(4)24-28-20/h7-10,13,17-18H,5-6,11-12H2,1-4H3,(H,23,26). The van der Waals surface area contributed by atoms with Crippen LogP contribution in [0.2, 0.25) is 0 Å². The van der Waals surface area contributed by atoms with E-state index in [1.54, 1.807) is 19.1 Å². The number of piperidine rings is 1. The highest BCUT2D eigenvalue weighted by atomic mass is 16.5. The highest BCUT2D eigenvalue weighted by Gasteiger charge is 2.33. The third-order valence-corrected chi connectivity index (χ3v) is 5.16. The van der Waals surface area contributed by atoms with Gasteiger partial charge in [-0.25, -0.2) is 0 Å². The molecule has 0 bridgehead atoms. The number of aryl methyl sites for hydroxylation is 2. The van der Waals surface area contributed by atoms with E-state index in [1.807, 2.05) is 37.8 Å². The summed E-state index contributed by atoms with van der Waals surface area (Å²) in [6.45, 7) is 8.85. The maximum atomic E-state index is 13.2. The van der Waals surface area contributed by atoms with Crippen LogP contribution in [-0.2, 0) is 4.79 Å². The molecule has 3 rings (SSSR count). The second-order valence-corrected chi connectivity index (χ2v) is 7.86. The van der Waals surface area contributed by atoms with E-state index in [0.717, 1.165) is 18.4 Å². The van der Waals surface area contributed by atoms with Gasteiger partial charge in [-0.15, -0.1) is 0 Å². The zero-order valence-electron chi connectivity index (χ0n) is 16.9. The molecule has 28 heavy (non-hydrogen) atoms. The number of rotatable bonds is 5. The van der Waals surface area contributed by atoms with Gasteiger partial charge < -0.3 is 14.7 Å². The van der Waals surface area contributed by atoms with Crippen molar-refractivity contribution in [3.63, 3.8) is 0 Å². The first kappa shape index (κ1) is 20.0. The lowest BCUT2D eigenvalue weighted by Crippen LogP contribution is -2.53. The maximum Gasteiger partial charge on any atom is 0.251 e. The largest absolute Gasteiger partial charge is 0.340 e. The number of carbonyl (C=O) groups excluding carboxylic acids is 2. The van der Waals surface area contributed by atoms with Crippen LogP contribution >= 0.6 is 0 Å². The Balaban J connectivity index is 1.69. The molecule has 1 aliphatic rings. The molecule has 2 amide bonds. The van der Waals surface area contributed by atoms with E-state index in [2.05, 4.69) is 15.5 Å². The van der Waals surface area contributed by atoms with Crippen molar-refractivity contribution >= 4 is 11.8 Å². The first-order chi connectivity index (χ1) is 13.3. The third kappa shape index (κ3) is 4.58. The fourth-order valence-electron chi connectivity index (χ4n) is 3.50. The lowest BCUT2D eigenvalue weighted by Gasteiger charge is -2.35. The molecule has 1 saturated heterocycles. The van der Waals surface area contributed by atoms with E-state index in [4.69, 9.17) is 4.52 Å². The minimum absolute atomic E-state index is 0.0204. The molecule has 2 heterocycles. The molecule has 7 heteroatoms. The normalized spacial score (nSPS) is 18.2. The summed E-state index contributed by atoms with van der Waals surface area (Å²) in [7, 11) is 0. The van der Waals surface area contributed by atoms with Gasteiger partial charge in [-0.05, 0) is 44.7 Å². The molecule has 1 aromatic carbocycles. The fraction of sp³-hybridized carbons (Fsp3) is 0.524. The van der Waals surface area contributed by atoms with E-state index >= 15 is 0 Å². The van der Waals surface area contributed by atoms with Crippen molar-refractivity contribution in [2.24, 2.45) is 5.92 Å². The predicted octanol–water partition coefficient (Wildman–Crippen LogP) is 2.85. The Bertz CT molecular complexity index is 828. The summed E-state index contributed by atoms with van der Waals surface area (Å²) in [5, 5.41) is 6.78. The molecule has 0 spiro atoms. The molecular formula is C21H28N4O3. The molecule has 0 saturated carbocycles. The van der Waals surface area contributed by atoms with Crippen molar-refractivity contribution in [3.8, 4) is 0 Å². The molecule has 2 aromatic rings. The second-order valence-electron chi connectivity index (χ2n) is 7.86. The van der Waals surface area contributed by atoms with Gasteiger partial charge in [0.25, 0.3) is 5.91 Å². The third-order valence-electron chi connectivity index (χ3n) is 5.16. The Kier molecular flexibility index (Phi) is 6.11. The summed E-state index contributed by atoms with van der Waals surface area (Å²) >= 11 is 0. The number of amides is 2. The molecule has 1 fully saturated rings. The molecule has 7 nitrogen and oxygen atoms in total. The average Bonchev–Trinajstić information content (AvgIpc) is 3.12. The number of carbonyl (C=O) groups is 2. The summed E-state index contributed by atoms with van der Waals surface area (Å²) < 4.78 is 5.30. The zero-order valence-corrected chi connectivity index (χ0v) is 16.9. The van der Waals surface area contributed by atoms with Gasteiger partial charge >= 0.3 is 0 Å². The maximum absolute atomic E-state index is 13.2. The smallest absolute Gasteiger partial charge is 0.251 e. The minimum atomic E-state index is -0.572.